The number of carbonyl (C=O) groups excluding carboxylic acids is 2. The van der Waals surface area contributed by atoms with Gasteiger partial charge in [0.1, 0.15) is 11.6 Å². The van der Waals surface area contributed by atoms with Gasteiger partial charge in [-0.3, -0.25) is 10.1 Å². The topological polar surface area (TPSA) is 92.6 Å². The van der Waals surface area contributed by atoms with Gasteiger partial charge in [-0.25, -0.2) is 9.18 Å². The summed E-state index contributed by atoms with van der Waals surface area (Å²) < 4.78 is 20.8. The van der Waals surface area contributed by atoms with Crippen LogP contribution in [0.4, 0.5) is 9.18 Å². The van der Waals surface area contributed by atoms with E-state index in [9.17, 15) is 19.1 Å². The number of amides is 3. The summed E-state index contributed by atoms with van der Waals surface area (Å²) in [6.07, 6.45) is 2.59. The van der Waals surface area contributed by atoms with E-state index in [1.54, 1.807) is 18.3 Å². The number of fused-ring (bicyclic) bond motifs is 1. The van der Waals surface area contributed by atoms with Gasteiger partial charge in [0.25, 0.3) is 5.91 Å². The minimum absolute atomic E-state index is 0.0447. The molecule has 1 saturated heterocycles. The van der Waals surface area contributed by atoms with Gasteiger partial charge in [0.2, 0.25) is 0 Å². The molecule has 1 atom stereocenters. The van der Waals surface area contributed by atoms with Crippen molar-refractivity contribution in [2.75, 3.05) is 6.61 Å². The Kier molecular flexibility index (Phi) is 5.32. The second-order valence-corrected chi connectivity index (χ2v) is 9.31. The number of nitrogens with one attached hydrogen (secondary N) is 2. The Balaban J connectivity index is 1.65. The molecule has 7 nitrogen and oxygen atoms in total. The molecule has 2 aromatic carbocycles. The molecule has 3 amide bonds. The van der Waals surface area contributed by atoms with E-state index < -0.39 is 23.3 Å². The lowest BCUT2D eigenvalue weighted by molar-refractivity contribution is -0.124. The minimum atomic E-state index is -1.48. The third kappa shape index (κ3) is 4.12. The highest BCUT2D eigenvalue weighted by Gasteiger charge is 2.48. The zero-order chi connectivity index (χ0) is 23.1. The van der Waals surface area contributed by atoms with Crippen LogP contribution in [0.2, 0.25) is 0 Å². The highest BCUT2D eigenvalue weighted by atomic mass is 19.1. The van der Waals surface area contributed by atoms with Crippen LogP contribution < -0.4 is 15.4 Å². The first-order valence-electron chi connectivity index (χ1n) is 10.4. The predicted octanol–water partition coefficient (Wildman–Crippen LogP) is 4.04. The van der Waals surface area contributed by atoms with E-state index in [1.807, 2.05) is 6.07 Å². The molecule has 0 saturated carbocycles. The standard InChI is InChI=1S/C24H26FN3O4/c1-23(2,3)10-11-32-18-8-9-19-15(12-18)13-28(20(19)29)14-24(21(30)26-22(31)27-24)16-4-6-17(25)7-5-16/h4-9,12-13,29H,10-11,14H2,1-3H3,(H2,26,27,30,31)/t24-/m0/s1. The highest BCUT2D eigenvalue weighted by Crippen LogP contribution is 2.35. The van der Waals surface area contributed by atoms with Crippen molar-refractivity contribution in [3.05, 3.63) is 60.0 Å². The smallest absolute Gasteiger partial charge is 0.322 e. The molecule has 8 heteroatoms. The number of aromatic hydroxyl groups is 1. The molecule has 0 aliphatic carbocycles. The maximum atomic E-state index is 13.4. The molecule has 0 spiro atoms. The minimum Gasteiger partial charge on any atom is -0.494 e. The van der Waals surface area contributed by atoms with Gasteiger partial charge in [-0.2, -0.15) is 0 Å². The van der Waals surface area contributed by atoms with Crippen LogP contribution in [0.1, 0.15) is 32.8 Å². The maximum Gasteiger partial charge on any atom is 0.322 e. The van der Waals surface area contributed by atoms with Crippen molar-refractivity contribution >= 4 is 22.7 Å². The second-order valence-electron chi connectivity index (χ2n) is 9.31. The summed E-state index contributed by atoms with van der Waals surface area (Å²) in [6.45, 7) is 6.93. The van der Waals surface area contributed by atoms with E-state index in [-0.39, 0.29) is 17.8 Å². The third-order valence-electron chi connectivity index (χ3n) is 5.64. The predicted molar refractivity (Wildman–Crippen MR) is 118 cm³/mol. The van der Waals surface area contributed by atoms with Gasteiger partial charge in [0.05, 0.1) is 13.2 Å². The zero-order valence-corrected chi connectivity index (χ0v) is 18.2. The fourth-order valence-corrected chi connectivity index (χ4v) is 3.81. The monoisotopic (exact) mass is 439 g/mol. The molecule has 1 aromatic heterocycles. The van der Waals surface area contributed by atoms with Crippen molar-refractivity contribution in [2.45, 2.75) is 39.3 Å². The molecule has 4 rings (SSSR count). The Hall–Kier alpha value is -3.55. The molecule has 32 heavy (non-hydrogen) atoms. The van der Waals surface area contributed by atoms with Crippen molar-refractivity contribution in [1.29, 1.82) is 0 Å². The van der Waals surface area contributed by atoms with E-state index in [1.165, 1.54) is 28.8 Å². The average Bonchev–Trinajstić information content (AvgIpc) is 3.17. The molecule has 0 unspecified atom stereocenters. The Morgan fingerprint density at radius 3 is 2.47 bits per heavy atom. The number of carbonyl (C=O) groups is 2. The SMILES string of the molecule is CC(C)(C)CCOc1ccc2c(O)n(C[C@@]3(c4ccc(F)cc4)NC(=O)NC3=O)cc2c1. The Bertz CT molecular complexity index is 1180. The van der Waals surface area contributed by atoms with E-state index in [0.717, 1.165) is 11.8 Å². The van der Waals surface area contributed by atoms with Gasteiger partial charge < -0.3 is 19.7 Å². The Morgan fingerprint density at radius 2 is 1.84 bits per heavy atom. The Morgan fingerprint density at radius 1 is 1.12 bits per heavy atom. The average molecular weight is 439 g/mol. The summed E-state index contributed by atoms with van der Waals surface area (Å²) in [6, 6.07) is 10.1. The number of imide groups is 1. The lowest BCUT2D eigenvalue weighted by Gasteiger charge is -2.27. The number of urea groups is 1. The van der Waals surface area contributed by atoms with E-state index in [2.05, 4.69) is 31.4 Å². The van der Waals surface area contributed by atoms with Crippen molar-refractivity contribution < 1.29 is 23.8 Å². The summed E-state index contributed by atoms with van der Waals surface area (Å²) in [5.74, 6) is -0.393. The normalized spacial score (nSPS) is 18.6. The van der Waals surface area contributed by atoms with Crippen LogP contribution in [-0.4, -0.2) is 28.2 Å². The summed E-state index contributed by atoms with van der Waals surface area (Å²) >= 11 is 0. The molecule has 1 aliphatic heterocycles. The van der Waals surface area contributed by atoms with E-state index in [0.29, 0.717) is 23.3 Å². The number of benzene rings is 2. The number of ether oxygens (including phenoxy) is 1. The molecule has 168 valence electrons. The fraction of sp³-hybridized carbons (Fsp3) is 0.333. The van der Waals surface area contributed by atoms with Crippen LogP contribution in [0, 0.1) is 11.2 Å². The van der Waals surface area contributed by atoms with Gasteiger partial charge in [0.15, 0.2) is 11.4 Å². The molecule has 0 bridgehead atoms. The third-order valence-corrected chi connectivity index (χ3v) is 5.64. The van der Waals surface area contributed by atoms with Crippen LogP contribution in [0.25, 0.3) is 10.8 Å². The van der Waals surface area contributed by atoms with Crippen LogP contribution in [0.5, 0.6) is 11.6 Å². The van der Waals surface area contributed by atoms with Crippen LogP contribution in [0.3, 0.4) is 0 Å². The first-order chi connectivity index (χ1) is 15.1. The molecular weight excluding hydrogens is 413 g/mol. The van der Waals surface area contributed by atoms with Gasteiger partial charge in [0, 0.05) is 17.0 Å². The number of nitrogens with zero attached hydrogens (tertiary/aromatic N) is 1. The van der Waals surface area contributed by atoms with Crippen molar-refractivity contribution in [1.82, 2.24) is 15.2 Å². The molecule has 3 N–H and O–H groups in total. The number of hydrogen-bond acceptors (Lipinski definition) is 4. The number of halogens is 1. The maximum absolute atomic E-state index is 13.4. The van der Waals surface area contributed by atoms with Crippen molar-refractivity contribution in [3.63, 3.8) is 0 Å². The molecule has 3 aromatic rings. The summed E-state index contributed by atoms with van der Waals surface area (Å²) in [4.78, 5) is 24.7. The first kappa shape index (κ1) is 21.7. The summed E-state index contributed by atoms with van der Waals surface area (Å²) in [5, 5.41) is 17.0. The fourth-order valence-electron chi connectivity index (χ4n) is 3.81. The number of rotatable bonds is 6. The van der Waals surface area contributed by atoms with Gasteiger partial charge in [-0.15, -0.1) is 0 Å². The molecule has 1 aliphatic rings. The molecule has 0 radical (unpaired) electrons. The second kappa shape index (κ2) is 7.85. The van der Waals surface area contributed by atoms with Gasteiger partial charge in [-0.1, -0.05) is 32.9 Å². The molecule has 2 heterocycles. The number of aromatic nitrogens is 1. The van der Waals surface area contributed by atoms with Gasteiger partial charge >= 0.3 is 6.03 Å². The van der Waals surface area contributed by atoms with Crippen LogP contribution in [0.15, 0.2) is 48.7 Å². The quantitative estimate of drug-likeness (QED) is 0.506. The first-order valence-corrected chi connectivity index (χ1v) is 10.4. The van der Waals surface area contributed by atoms with Crippen LogP contribution >= 0.6 is 0 Å². The lowest BCUT2D eigenvalue weighted by atomic mass is 9.89. The lowest BCUT2D eigenvalue weighted by Crippen LogP contribution is -2.47. The van der Waals surface area contributed by atoms with E-state index in [4.69, 9.17) is 4.74 Å². The van der Waals surface area contributed by atoms with Gasteiger partial charge in [-0.05, 0) is 47.7 Å². The van der Waals surface area contributed by atoms with Crippen molar-refractivity contribution in [2.24, 2.45) is 5.41 Å². The zero-order valence-electron chi connectivity index (χ0n) is 18.2. The summed E-state index contributed by atoms with van der Waals surface area (Å²) in [5.41, 5.74) is -0.915. The summed E-state index contributed by atoms with van der Waals surface area (Å²) in [7, 11) is 0. The molecular formula is C24H26FN3O4. The van der Waals surface area contributed by atoms with E-state index >= 15 is 0 Å². The Labute approximate surface area is 185 Å². The largest absolute Gasteiger partial charge is 0.494 e. The highest BCUT2D eigenvalue weighted by molar-refractivity contribution is 6.07. The van der Waals surface area contributed by atoms with Crippen LogP contribution in [-0.2, 0) is 16.9 Å². The van der Waals surface area contributed by atoms with Crippen molar-refractivity contribution in [3.8, 4) is 11.6 Å². The number of hydrogen-bond donors (Lipinski definition) is 3. The molecule has 1 fully saturated rings.